The van der Waals surface area contributed by atoms with Crippen molar-refractivity contribution in [3.05, 3.63) is 17.6 Å². The molecule has 96 valence electrons. The van der Waals surface area contributed by atoms with Crippen LogP contribution in [0.1, 0.15) is 45.6 Å². The molecule has 0 aliphatic heterocycles. The zero-order chi connectivity index (χ0) is 12.9. The van der Waals surface area contributed by atoms with E-state index >= 15 is 0 Å². The summed E-state index contributed by atoms with van der Waals surface area (Å²) in [7, 11) is 0. The highest BCUT2D eigenvalue weighted by atomic mass is 16.5. The Kier molecular flexibility index (Phi) is 4.87. The molecule has 1 rings (SSSR count). The number of anilines is 1. The second kappa shape index (κ2) is 5.96. The first-order valence-corrected chi connectivity index (χ1v) is 6.13. The van der Waals surface area contributed by atoms with Gasteiger partial charge in [-0.3, -0.25) is 0 Å². The molecule has 0 bridgehead atoms. The minimum Gasteiger partial charge on any atom is -0.370 e. The Morgan fingerprint density at radius 2 is 2.00 bits per heavy atom. The van der Waals surface area contributed by atoms with Gasteiger partial charge in [-0.2, -0.15) is 0 Å². The minimum atomic E-state index is -0.163. The van der Waals surface area contributed by atoms with Crippen LogP contribution in [0.3, 0.4) is 0 Å². The third-order valence-electron chi connectivity index (χ3n) is 2.09. The van der Waals surface area contributed by atoms with E-state index < -0.39 is 0 Å². The van der Waals surface area contributed by atoms with Gasteiger partial charge in [0, 0.05) is 18.3 Å². The molecule has 1 aromatic heterocycles. The molecule has 4 nitrogen and oxygen atoms in total. The maximum atomic E-state index is 5.68. The number of hydrogen-bond acceptors (Lipinski definition) is 4. The molecule has 0 fully saturated rings. The van der Waals surface area contributed by atoms with Crippen LogP contribution in [0.2, 0.25) is 0 Å². The van der Waals surface area contributed by atoms with Gasteiger partial charge in [-0.15, -0.1) is 0 Å². The molecule has 0 aromatic carbocycles. The Morgan fingerprint density at radius 3 is 2.59 bits per heavy atom. The van der Waals surface area contributed by atoms with E-state index in [4.69, 9.17) is 4.74 Å². The summed E-state index contributed by atoms with van der Waals surface area (Å²) in [6.45, 7) is 11.6. The van der Waals surface area contributed by atoms with Crippen LogP contribution in [-0.2, 0) is 11.3 Å². The van der Waals surface area contributed by atoms with Crippen molar-refractivity contribution >= 4 is 5.82 Å². The summed E-state index contributed by atoms with van der Waals surface area (Å²) < 4.78 is 5.68. The number of nitrogens with one attached hydrogen (secondary N) is 1. The lowest BCUT2D eigenvalue weighted by molar-refractivity contribution is -0.0181. The molecule has 0 saturated carbocycles. The average Bonchev–Trinajstić information content (AvgIpc) is 2.22. The predicted octanol–water partition coefficient (Wildman–Crippen LogP) is 2.92. The molecule has 1 heterocycles. The number of aromatic nitrogens is 2. The zero-order valence-corrected chi connectivity index (χ0v) is 11.5. The summed E-state index contributed by atoms with van der Waals surface area (Å²) in [6, 6.07) is 1.95. The summed E-state index contributed by atoms with van der Waals surface area (Å²) in [4.78, 5) is 8.80. The lowest BCUT2D eigenvalue weighted by Gasteiger charge is -2.19. The summed E-state index contributed by atoms with van der Waals surface area (Å²) >= 11 is 0. The van der Waals surface area contributed by atoms with Gasteiger partial charge in [-0.25, -0.2) is 9.97 Å². The van der Waals surface area contributed by atoms with Gasteiger partial charge in [-0.05, 0) is 34.1 Å². The quantitative estimate of drug-likeness (QED) is 0.855. The molecule has 0 amide bonds. The van der Waals surface area contributed by atoms with E-state index in [2.05, 4.69) is 22.2 Å². The van der Waals surface area contributed by atoms with Gasteiger partial charge in [0.1, 0.15) is 12.4 Å². The van der Waals surface area contributed by atoms with Crippen molar-refractivity contribution in [3.8, 4) is 0 Å². The Balaban J connectivity index is 2.68. The van der Waals surface area contributed by atoms with Crippen LogP contribution >= 0.6 is 0 Å². The first-order valence-electron chi connectivity index (χ1n) is 6.13. The molecule has 1 N–H and O–H groups in total. The van der Waals surface area contributed by atoms with Crippen LogP contribution in [0.15, 0.2) is 6.07 Å². The average molecular weight is 237 g/mol. The first-order chi connectivity index (χ1) is 7.90. The highest BCUT2D eigenvalue weighted by Crippen LogP contribution is 2.12. The van der Waals surface area contributed by atoms with Gasteiger partial charge in [0.2, 0.25) is 0 Å². The fraction of sp³-hybridized carbons (Fsp3) is 0.692. The normalized spacial score (nSPS) is 11.6. The Labute approximate surface area is 104 Å². The number of rotatable bonds is 5. The SMILES string of the molecule is CCCNc1cc(C)nc(COC(C)(C)C)n1. The minimum absolute atomic E-state index is 0.163. The lowest BCUT2D eigenvalue weighted by atomic mass is 10.2. The van der Waals surface area contributed by atoms with Crippen LogP contribution < -0.4 is 5.32 Å². The van der Waals surface area contributed by atoms with E-state index in [-0.39, 0.29) is 5.60 Å². The number of hydrogen-bond donors (Lipinski definition) is 1. The van der Waals surface area contributed by atoms with Crippen LogP contribution in [0, 0.1) is 6.92 Å². The van der Waals surface area contributed by atoms with Gasteiger partial charge in [0.05, 0.1) is 5.60 Å². The molecular formula is C13H23N3O. The van der Waals surface area contributed by atoms with Crippen molar-refractivity contribution < 1.29 is 4.74 Å². The molecule has 0 aliphatic rings. The summed E-state index contributed by atoms with van der Waals surface area (Å²) in [5.41, 5.74) is 0.801. The largest absolute Gasteiger partial charge is 0.370 e. The summed E-state index contributed by atoms with van der Waals surface area (Å²) in [6.07, 6.45) is 1.08. The van der Waals surface area contributed by atoms with Crippen LogP contribution in [-0.4, -0.2) is 22.1 Å². The zero-order valence-electron chi connectivity index (χ0n) is 11.5. The van der Waals surface area contributed by atoms with Crippen molar-refractivity contribution in [2.45, 2.75) is 53.2 Å². The molecule has 0 atom stereocenters. The van der Waals surface area contributed by atoms with E-state index in [1.807, 2.05) is 33.8 Å². The maximum absolute atomic E-state index is 5.68. The van der Waals surface area contributed by atoms with E-state index in [9.17, 15) is 0 Å². The van der Waals surface area contributed by atoms with Gasteiger partial charge in [0.15, 0.2) is 5.82 Å². The second-order valence-electron chi connectivity index (χ2n) is 5.14. The van der Waals surface area contributed by atoms with E-state index in [0.29, 0.717) is 6.61 Å². The first kappa shape index (κ1) is 13.9. The second-order valence-corrected chi connectivity index (χ2v) is 5.14. The Morgan fingerprint density at radius 1 is 1.29 bits per heavy atom. The monoisotopic (exact) mass is 237 g/mol. The summed E-state index contributed by atoms with van der Waals surface area (Å²) in [5.74, 6) is 1.62. The van der Waals surface area contributed by atoms with Crippen molar-refractivity contribution in [1.29, 1.82) is 0 Å². The van der Waals surface area contributed by atoms with E-state index in [1.54, 1.807) is 0 Å². The van der Waals surface area contributed by atoms with Crippen molar-refractivity contribution in [1.82, 2.24) is 9.97 Å². The van der Waals surface area contributed by atoms with Crippen molar-refractivity contribution in [2.75, 3.05) is 11.9 Å². The fourth-order valence-corrected chi connectivity index (χ4v) is 1.32. The molecule has 0 aliphatic carbocycles. The molecule has 0 unspecified atom stereocenters. The fourth-order valence-electron chi connectivity index (χ4n) is 1.32. The molecule has 17 heavy (non-hydrogen) atoms. The molecule has 0 saturated heterocycles. The van der Waals surface area contributed by atoms with Crippen LogP contribution in [0.4, 0.5) is 5.82 Å². The van der Waals surface area contributed by atoms with E-state index in [1.165, 1.54) is 0 Å². The number of ether oxygens (including phenoxy) is 1. The molecule has 1 aromatic rings. The van der Waals surface area contributed by atoms with Crippen molar-refractivity contribution in [3.63, 3.8) is 0 Å². The standard InChI is InChI=1S/C13H23N3O/c1-6-7-14-11-8-10(2)15-12(16-11)9-17-13(3,4)5/h8H,6-7,9H2,1-5H3,(H,14,15,16). The highest BCUT2D eigenvalue weighted by Gasteiger charge is 2.11. The van der Waals surface area contributed by atoms with Gasteiger partial charge >= 0.3 is 0 Å². The molecule has 0 radical (unpaired) electrons. The highest BCUT2D eigenvalue weighted by molar-refractivity contribution is 5.35. The maximum Gasteiger partial charge on any atom is 0.156 e. The number of aryl methyl sites for hydroxylation is 1. The van der Waals surface area contributed by atoms with E-state index in [0.717, 1.165) is 30.3 Å². The summed E-state index contributed by atoms with van der Waals surface area (Å²) in [5, 5.41) is 3.27. The number of nitrogens with zero attached hydrogens (tertiary/aromatic N) is 2. The smallest absolute Gasteiger partial charge is 0.156 e. The Bertz CT molecular complexity index is 358. The molecular weight excluding hydrogens is 214 g/mol. The third kappa shape index (κ3) is 5.63. The molecule has 4 heteroatoms. The molecule has 0 spiro atoms. The van der Waals surface area contributed by atoms with Crippen molar-refractivity contribution in [2.24, 2.45) is 0 Å². The van der Waals surface area contributed by atoms with Gasteiger partial charge in [0.25, 0.3) is 0 Å². The lowest BCUT2D eigenvalue weighted by Crippen LogP contribution is -2.20. The third-order valence-corrected chi connectivity index (χ3v) is 2.09. The Hall–Kier alpha value is -1.16. The predicted molar refractivity (Wildman–Crippen MR) is 70.1 cm³/mol. The van der Waals surface area contributed by atoms with Gasteiger partial charge in [-0.1, -0.05) is 6.92 Å². The topological polar surface area (TPSA) is 47.0 Å². The van der Waals surface area contributed by atoms with Gasteiger partial charge < -0.3 is 10.1 Å². The van der Waals surface area contributed by atoms with Crippen LogP contribution in [0.25, 0.3) is 0 Å². The van der Waals surface area contributed by atoms with Crippen LogP contribution in [0.5, 0.6) is 0 Å².